The van der Waals surface area contributed by atoms with Crippen LogP contribution in [0.15, 0.2) is 18.2 Å². The fourth-order valence-electron chi connectivity index (χ4n) is 2.12. The minimum absolute atomic E-state index is 0.0627. The lowest BCUT2D eigenvalue weighted by molar-refractivity contribution is -0.123. The number of carbonyl (C=O) groups is 1. The van der Waals surface area contributed by atoms with E-state index in [4.69, 9.17) is 10.00 Å². The fourth-order valence-corrected chi connectivity index (χ4v) is 2.12. The second-order valence-electron chi connectivity index (χ2n) is 4.46. The third-order valence-electron chi connectivity index (χ3n) is 3.09. The molecule has 2 N–H and O–H groups in total. The third-order valence-corrected chi connectivity index (χ3v) is 3.09. The molecule has 0 fully saturated rings. The zero-order valence-electron chi connectivity index (χ0n) is 10.6. The first-order chi connectivity index (χ1) is 9.20. The van der Waals surface area contributed by atoms with Crippen molar-refractivity contribution in [2.24, 2.45) is 0 Å². The molecule has 0 saturated heterocycles. The number of hydrogen-bond donors (Lipinski definition) is 2. The summed E-state index contributed by atoms with van der Waals surface area (Å²) in [5.41, 5.74) is 2.03. The molecule has 0 spiro atoms. The first kappa shape index (κ1) is 13.4. The van der Waals surface area contributed by atoms with Gasteiger partial charge in [0.1, 0.15) is 5.75 Å². The van der Waals surface area contributed by atoms with Crippen molar-refractivity contribution >= 4 is 5.91 Å². The van der Waals surface area contributed by atoms with Gasteiger partial charge in [0.15, 0.2) is 6.61 Å². The molecule has 1 aliphatic carbocycles. The van der Waals surface area contributed by atoms with Crippen LogP contribution >= 0.6 is 0 Å². The van der Waals surface area contributed by atoms with Gasteiger partial charge in [-0.15, -0.1) is 0 Å². The van der Waals surface area contributed by atoms with E-state index in [1.807, 2.05) is 18.2 Å². The maximum Gasteiger partial charge on any atom is 0.257 e. The average Bonchev–Trinajstić information content (AvgIpc) is 2.78. The van der Waals surface area contributed by atoms with Crippen LogP contribution in [0, 0.1) is 11.3 Å². The number of carbonyl (C=O) groups excluding carboxylic acids is 1. The average molecular weight is 260 g/mol. The number of rotatable bonds is 5. The van der Waals surface area contributed by atoms with Gasteiger partial charge in [-0.05, 0) is 36.1 Å². The standard InChI is InChI=1S/C14H16N2O3/c15-6-1-7-16-14(18)9-19-11-3-4-12-10(8-11)2-5-13(12)17/h3-4,8,13,17H,1-2,5,7,9H2,(H,16,18). The lowest BCUT2D eigenvalue weighted by atomic mass is 10.1. The Morgan fingerprint density at radius 1 is 1.58 bits per heavy atom. The van der Waals surface area contributed by atoms with Crippen LogP contribution in [0.3, 0.4) is 0 Å². The molecule has 0 saturated carbocycles. The van der Waals surface area contributed by atoms with Crippen molar-refractivity contribution in [3.05, 3.63) is 29.3 Å². The number of aryl methyl sites for hydroxylation is 1. The minimum atomic E-state index is -0.377. The number of nitriles is 1. The SMILES string of the molecule is N#CCCNC(=O)COc1ccc2c(c1)CCC2O. The van der Waals surface area contributed by atoms with Crippen LogP contribution in [-0.4, -0.2) is 24.2 Å². The quantitative estimate of drug-likeness (QED) is 0.776. The zero-order valence-corrected chi connectivity index (χ0v) is 10.6. The van der Waals surface area contributed by atoms with Crippen molar-refractivity contribution in [1.82, 2.24) is 5.32 Å². The molecule has 0 aliphatic heterocycles. The van der Waals surface area contributed by atoms with E-state index in [0.29, 0.717) is 18.7 Å². The van der Waals surface area contributed by atoms with Gasteiger partial charge in [0.05, 0.1) is 18.6 Å². The number of nitrogens with one attached hydrogen (secondary N) is 1. The molecule has 0 heterocycles. The van der Waals surface area contributed by atoms with Crippen LogP contribution < -0.4 is 10.1 Å². The van der Waals surface area contributed by atoms with Gasteiger partial charge >= 0.3 is 0 Å². The summed E-state index contributed by atoms with van der Waals surface area (Å²) in [5, 5.41) is 20.6. The molecule has 5 nitrogen and oxygen atoms in total. The largest absolute Gasteiger partial charge is 0.484 e. The number of fused-ring (bicyclic) bond motifs is 1. The molecule has 5 heteroatoms. The highest BCUT2D eigenvalue weighted by molar-refractivity contribution is 5.77. The van der Waals surface area contributed by atoms with E-state index in [0.717, 1.165) is 24.0 Å². The molecule has 1 aliphatic rings. The Balaban J connectivity index is 1.84. The van der Waals surface area contributed by atoms with Gasteiger partial charge in [-0.1, -0.05) is 6.07 Å². The first-order valence-electron chi connectivity index (χ1n) is 6.28. The van der Waals surface area contributed by atoms with E-state index in [9.17, 15) is 9.90 Å². The molecular formula is C14H16N2O3. The smallest absolute Gasteiger partial charge is 0.257 e. The number of amides is 1. The van der Waals surface area contributed by atoms with Crippen LogP contribution in [0.4, 0.5) is 0 Å². The Bertz CT molecular complexity index is 508. The molecule has 1 atom stereocenters. The van der Waals surface area contributed by atoms with Gasteiger partial charge in [0.25, 0.3) is 5.91 Å². The van der Waals surface area contributed by atoms with E-state index in [1.54, 1.807) is 6.07 Å². The summed E-state index contributed by atoms with van der Waals surface area (Å²) in [6.45, 7) is 0.280. The number of aliphatic hydroxyl groups is 1. The van der Waals surface area contributed by atoms with Gasteiger partial charge in [0, 0.05) is 6.54 Å². The van der Waals surface area contributed by atoms with Crippen LogP contribution in [0.5, 0.6) is 5.75 Å². The Hall–Kier alpha value is -2.06. The maximum atomic E-state index is 11.4. The highest BCUT2D eigenvalue weighted by atomic mass is 16.5. The number of benzene rings is 1. The summed E-state index contributed by atoms with van der Waals surface area (Å²) in [6, 6.07) is 7.42. The van der Waals surface area contributed by atoms with E-state index in [-0.39, 0.29) is 18.6 Å². The van der Waals surface area contributed by atoms with E-state index in [2.05, 4.69) is 5.32 Å². The van der Waals surface area contributed by atoms with Crippen molar-refractivity contribution in [3.8, 4) is 11.8 Å². The van der Waals surface area contributed by atoms with Crippen LogP contribution in [0.2, 0.25) is 0 Å². The lowest BCUT2D eigenvalue weighted by Gasteiger charge is -2.09. The summed E-state index contributed by atoms with van der Waals surface area (Å²) in [6.07, 6.45) is 1.50. The van der Waals surface area contributed by atoms with Crippen molar-refractivity contribution in [2.75, 3.05) is 13.2 Å². The van der Waals surface area contributed by atoms with Crippen molar-refractivity contribution < 1.29 is 14.6 Å². The third kappa shape index (κ3) is 3.46. The molecule has 19 heavy (non-hydrogen) atoms. The van der Waals surface area contributed by atoms with Gasteiger partial charge in [-0.25, -0.2) is 0 Å². The second-order valence-corrected chi connectivity index (χ2v) is 4.46. The Labute approximate surface area is 111 Å². The molecular weight excluding hydrogens is 244 g/mol. The maximum absolute atomic E-state index is 11.4. The molecule has 1 aromatic carbocycles. The molecule has 100 valence electrons. The van der Waals surface area contributed by atoms with Gasteiger partial charge < -0.3 is 15.2 Å². The van der Waals surface area contributed by atoms with E-state index < -0.39 is 0 Å². The number of nitrogens with zero attached hydrogens (tertiary/aromatic N) is 1. The van der Waals surface area contributed by atoms with Crippen LogP contribution in [0.1, 0.15) is 30.1 Å². The molecule has 0 bridgehead atoms. The topological polar surface area (TPSA) is 82.4 Å². The summed E-state index contributed by atoms with van der Waals surface area (Å²) in [7, 11) is 0. The summed E-state index contributed by atoms with van der Waals surface area (Å²) in [5.74, 6) is 0.388. The monoisotopic (exact) mass is 260 g/mol. The lowest BCUT2D eigenvalue weighted by Crippen LogP contribution is -2.29. The molecule has 1 unspecified atom stereocenters. The van der Waals surface area contributed by atoms with E-state index in [1.165, 1.54) is 0 Å². The molecule has 0 aromatic heterocycles. The molecule has 0 radical (unpaired) electrons. The predicted molar refractivity (Wildman–Crippen MR) is 68.5 cm³/mol. The second kappa shape index (κ2) is 6.21. The van der Waals surface area contributed by atoms with Crippen LogP contribution in [0.25, 0.3) is 0 Å². The molecule has 1 aromatic rings. The number of aliphatic hydroxyl groups excluding tert-OH is 1. The molecule has 2 rings (SSSR count). The first-order valence-corrected chi connectivity index (χ1v) is 6.28. The van der Waals surface area contributed by atoms with Crippen molar-refractivity contribution in [2.45, 2.75) is 25.4 Å². The molecule has 1 amide bonds. The van der Waals surface area contributed by atoms with Crippen LogP contribution in [-0.2, 0) is 11.2 Å². The number of ether oxygens (including phenoxy) is 1. The predicted octanol–water partition coefficient (Wildman–Crippen LogP) is 1.07. The Morgan fingerprint density at radius 3 is 3.21 bits per heavy atom. The van der Waals surface area contributed by atoms with Crippen molar-refractivity contribution in [1.29, 1.82) is 5.26 Å². The highest BCUT2D eigenvalue weighted by Crippen LogP contribution is 2.33. The van der Waals surface area contributed by atoms with Gasteiger partial charge in [-0.2, -0.15) is 5.26 Å². The van der Waals surface area contributed by atoms with Gasteiger partial charge in [0.2, 0.25) is 0 Å². The Morgan fingerprint density at radius 2 is 2.42 bits per heavy atom. The number of hydrogen-bond acceptors (Lipinski definition) is 4. The highest BCUT2D eigenvalue weighted by Gasteiger charge is 2.20. The zero-order chi connectivity index (χ0) is 13.7. The minimum Gasteiger partial charge on any atom is -0.484 e. The summed E-state index contributed by atoms with van der Waals surface area (Å²) >= 11 is 0. The Kier molecular flexibility index (Phi) is 4.37. The van der Waals surface area contributed by atoms with E-state index >= 15 is 0 Å². The summed E-state index contributed by atoms with van der Waals surface area (Å²) in [4.78, 5) is 11.4. The van der Waals surface area contributed by atoms with Crippen molar-refractivity contribution in [3.63, 3.8) is 0 Å². The van der Waals surface area contributed by atoms with Gasteiger partial charge in [-0.3, -0.25) is 4.79 Å². The summed E-state index contributed by atoms with van der Waals surface area (Å²) < 4.78 is 5.38. The normalized spacial score (nSPS) is 16.5. The fraction of sp³-hybridized carbons (Fsp3) is 0.429.